The van der Waals surface area contributed by atoms with Crippen molar-refractivity contribution in [3.63, 3.8) is 0 Å². The Morgan fingerprint density at radius 1 is 1.33 bits per heavy atom. The largest absolute Gasteiger partial charge is 0.481 e. The molecule has 7 atom stereocenters. The topological polar surface area (TPSA) is 88.5 Å². The third-order valence-corrected chi connectivity index (χ3v) is 4.67. The van der Waals surface area contributed by atoms with Gasteiger partial charge in [-0.05, 0) is 12.8 Å². The van der Waals surface area contributed by atoms with E-state index in [1.807, 2.05) is 0 Å². The van der Waals surface area contributed by atoms with E-state index in [1.54, 1.807) is 0 Å². The Morgan fingerprint density at radius 3 is 2.94 bits per heavy atom. The molecule has 4 rings (SSSR count). The first-order valence-corrected chi connectivity index (χ1v) is 6.49. The molecule has 100 valence electrons. The number of hydrogen-bond acceptors (Lipinski definition) is 5. The van der Waals surface area contributed by atoms with Gasteiger partial charge in [0.15, 0.2) is 0 Å². The fourth-order valence-electron chi connectivity index (χ4n) is 3.86. The van der Waals surface area contributed by atoms with E-state index in [2.05, 4.69) is 0 Å². The average Bonchev–Trinajstić information content (AvgIpc) is 3.03. The van der Waals surface area contributed by atoms with Crippen LogP contribution >= 0.6 is 0 Å². The van der Waals surface area contributed by atoms with E-state index in [4.69, 9.17) is 19.3 Å². The van der Waals surface area contributed by atoms with Crippen LogP contribution in [0.1, 0.15) is 25.7 Å². The van der Waals surface area contributed by atoms with Gasteiger partial charge in [0.2, 0.25) is 0 Å². The minimum atomic E-state index is -0.838. The van der Waals surface area contributed by atoms with E-state index < -0.39 is 17.7 Å². The minimum absolute atomic E-state index is 0.0269. The average molecular weight is 256 g/mol. The van der Waals surface area contributed by atoms with E-state index in [0.29, 0.717) is 12.8 Å². The first kappa shape index (κ1) is 11.2. The number of rotatable bonds is 2. The summed E-state index contributed by atoms with van der Waals surface area (Å²) in [4.78, 5) is 10.8. The van der Waals surface area contributed by atoms with Gasteiger partial charge < -0.3 is 24.4 Å². The number of aliphatic carboxylic acids is 1. The van der Waals surface area contributed by atoms with Gasteiger partial charge in [0.05, 0.1) is 24.7 Å². The summed E-state index contributed by atoms with van der Waals surface area (Å²) in [7, 11) is 0. The maximum Gasteiger partial charge on any atom is 0.305 e. The Labute approximate surface area is 104 Å². The van der Waals surface area contributed by atoms with Crippen LogP contribution in [0.4, 0.5) is 0 Å². The Balaban J connectivity index is 1.59. The number of hydrogen-bond donors (Lipinski definition) is 2. The summed E-state index contributed by atoms with van der Waals surface area (Å²) in [5.41, 5.74) is -0.507. The van der Waals surface area contributed by atoms with E-state index in [9.17, 15) is 9.90 Å². The minimum Gasteiger partial charge on any atom is -0.481 e. The predicted molar refractivity (Wildman–Crippen MR) is 57.0 cm³/mol. The molecule has 3 heterocycles. The van der Waals surface area contributed by atoms with Gasteiger partial charge in [-0.25, -0.2) is 0 Å². The third-order valence-electron chi connectivity index (χ3n) is 4.67. The molecule has 2 bridgehead atoms. The summed E-state index contributed by atoms with van der Waals surface area (Å²) < 4.78 is 17.4. The molecule has 2 N–H and O–H groups in total. The van der Waals surface area contributed by atoms with Crippen molar-refractivity contribution >= 4 is 5.97 Å². The van der Waals surface area contributed by atoms with Gasteiger partial charge in [-0.3, -0.25) is 4.79 Å². The SMILES string of the molecule is O=C(O)CC1CC[C@@H]2O[C@@H]3C[C@@]2(O1)[C@H]1O[C@H]1[C@H]3O. The smallest absolute Gasteiger partial charge is 0.305 e. The molecule has 6 nitrogen and oxygen atoms in total. The molecule has 0 radical (unpaired) electrons. The number of carbonyl (C=O) groups is 1. The molecular formula is C12H16O6. The number of epoxide rings is 1. The molecule has 0 aromatic rings. The summed E-state index contributed by atoms with van der Waals surface area (Å²) in [6.07, 6.45) is 0.725. The van der Waals surface area contributed by atoms with Gasteiger partial charge in [0.1, 0.15) is 23.9 Å². The van der Waals surface area contributed by atoms with E-state index in [-0.39, 0.29) is 36.9 Å². The highest BCUT2D eigenvalue weighted by Crippen LogP contribution is 2.56. The van der Waals surface area contributed by atoms with Gasteiger partial charge in [-0.2, -0.15) is 0 Å². The standard InChI is InChI=1S/C12H16O6/c13-8(14)3-5-1-2-7-12(18-5)4-6(16-7)9(15)10-11(12)17-10/h5-7,9-11,15H,1-4H2,(H,13,14)/t5?,6-,7+,9+,10+,11+,12+/m1/s1. The molecule has 18 heavy (non-hydrogen) atoms. The Bertz CT molecular complexity index is 398. The lowest BCUT2D eigenvalue weighted by Crippen LogP contribution is -2.55. The molecule has 3 saturated heterocycles. The van der Waals surface area contributed by atoms with E-state index >= 15 is 0 Å². The zero-order valence-corrected chi connectivity index (χ0v) is 9.82. The zero-order chi connectivity index (χ0) is 12.5. The van der Waals surface area contributed by atoms with Crippen molar-refractivity contribution in [1.29, 1.82) is 0 Å². The van der Waals surface area contributed by atoms with Gasteiger partial charge >= 0.3 is 5.97 Å². The molecule has 0 amide bonds. The molecule has 4 aliphatic rings. The normalized spacial score (nSPS) is 56.7. The van der Waals surface area contributed by atoms with Crippen LogP contribution in [-0.4, -0.2) is 58.4 Å². The monoisotopic (exact) mass is 256 g/mol. The van der Waals surface area contributed by atoms with Crippen LogP contribution in [-0.2, 0) is 19.0 Å². The third kappa shape index (κ3) is 1.34. The molecule has 0 aromatic heterocycles. The Kier molecular flexibility index (Phi) is 2.14. The highest BCUT2D eigenvalue weighted by Gasteiger charge is 2.73. The van der Waals surface area contributed by atoms with Gasteiger partial charge in [0.25, 0.3) is 0 Å². The van der Waals surface area contributed by atoms with E-state index in [1.165, 1.54) is 0 Å². The van der Waals surface area contributed by atoms with Crippen LogP contribution in [0, 0.1) is 0 Å². The molecular weight excluding hydrogens is 240 g/mol. The van der Waals surface area contributed by atoms with Gasteiger partial charge in [-0.15, -0.1) is 0 Å². The van der Waals surface area contributed by atoms with Crippen molar-refractivity contribution in [2.24, 2.45) is 0 Å². The van der Waals surface area contributed by atoms with Gasteiger partial charge in [0, 0.05) is 6.42 Å². The van der Waals surface area contributed by atoms with Crippen molar-refractivity contribution in [1.82, 2.24) is 0 Å². The summed E-state index contributed by atoms with van der Waals surface area (Å²) in [6, 6.07) is 0. The lowest BCUT2D eigenvalue weighted by atomic mass is 9.77. The molecule has 6 heteroatoms. The first-order chi connectivity index (χ1) is 8.60. The maximum atomic E-state index is 10.8. The van der Waals surface area contributed by atoms with Crippen molar-refractivity contribution < 1.29 is 29.2 Å². The van der Waals surface area contributed by atoms with E-state index in [0.717, 1.165) is 6.42 Å². The second-order valence-corrected chi connectivity index (χ2v) is 5.75. The lowest BCUT2D eigenvalue weighted by molar-refractivity contribution is -0.181. The molecule has 1 unspecified atom stereocenters. The van der Waals surface area contributed by atoms with Crippen LogP contribution in [0.3, 0.4) is 0 Å². The molecule has 3 aliphatic heterocycles. The fraction of sp³-hybridized carbons (Fsp3) is 0.917. The summed E-state index contributed by atoms with van der Waals surface area (Å²) in [5.74, 6) is -0.838. The molecule has 1 saturated carbocycles. The molecule has 0 aromatic carbocycles. The van der Waals surface area contributed by atoms with Crippen LogP contribution in [0.5, 0.6) is 0 Å². The number of ether oxygens (including phenoxy) is 3. The Hall–Kier alpha value is -0.690. The lowest BCUT2D eigenvalue weighted by Gasteiger charge is -2.41. The second-order valence-electron chi connectivity index (χ2n) is 5.75. The first-order valence-electron chi connectivity index (χ1n) is 6.49. The molecule has 1 aliphatic carbocycles. The predicted octanol–water partition coefficient (Wildman–Crippen LogP) is -0.322. The fourth-order valence-corrected chi connectivity index (χ4v) is 3.86. The van der Waals surface area contributed by atoms with Crippen LogP contribution in [0.15, 0.2) is 0 Å². The quantitative estimate of drug-likeness (QED) is 0.658. The summed E-state index contributed by atoms with van der Waals surface area (Å²) >= 11 is 0. The molecule has 4 fully saturated rings. The van der Waals surface area contributed by atoms with Crippen molar-refractivity contribution in [2.75, 3.05) is 0 Å². The van der Waals surface area contributed by atoms with Crippen LogP contribution < -0.4 is 0 Å². The summed E-state index contributed by atoms with van der Waals surface area (Å²) in [5, 5.41) is 18.8. The van der Waals surface area contributed by atoms with Gasteiger partial charge in [-0.1, -0.05) is 0 Å². The number of carboxylic acid groups (broad SMARTS) is 1. The van der Waals surface area contributed by atoms with Crippen LogP contribution in [0.25, 0.3) is 0 Å². The number of aliphatic hydroxyl groups excluding tert-OH is 1. The highest BCUT2D eigenvalue weighted by atomic mass is 16.7. The number of aliphatic hydroxyl groups is 1. The number of carboxylic acids is 1. The Morgan fingerprint density at radius 2 is 2.17 bits per heavy atom. The van der Waals surface area contributed by atoms with Crippen molar-refractivity contribution in [3.8, 4) is 0 Å². The zero-order valence-electron chi connectivity index (χ0n) is 9.82. The molecule has 1 spiro atoms. The maximum absolute atomic E-state index is 10.8. The van der Waals surface area contributed by atoms with Crippen molar-refractivity contribution in [3.05, 3.63) is 0 Å². The van der Waals surface area contributed by atoms with Crippen molar-refractivity contribution in [2.45, 2.75) is 67.9 Å². The van der Waals surface area contributed by atoms with Crippen LogP contribution in [0.2, 0.25) is 0 Å². The second kappa shape index (κ2) is 3.45. The number of fused-ring (bicyclic) bond motifs is 2. The summed E-state index contributed by atoms with van der Waals surface area (Å²) in [6.45, 7) is 0. The highest BCUT2D eigenvalue weighted by molar-refractivity contribution is 5.67.